The summed E-state index contributed by atoms with van der Waals surface area (Å²) in [5.74, 6) is 1.48. The van der Waals surface area contributed by atoms with Crippen LogP contribution in [0.2, 0.25) is 5.22 Å². The number of halogens is 1. The topological polar surface area (TPSA) is 45.4 Å². The van der Waals surface area contributed by atoms with E-state index < -0.39 is 5.60 Å². The Morgan fingerprint density at radius 1 is 1.60 bits per heavy atom. The largest absolute Gasteiger partial charge is 0.448 e. The van der Waals surface area contributed by atoms with Gasteiger partial charge in [0.1, 0.15) is 5.76 Å². The lowest BCUT2D eigenvalue weighted by Crippen LogP contribution is -2.39. The van der Waals surface area contributed by atoms with E-state index in [1.54, 1.807) is 17.8 Å². The summed E-state index contributed by atoms with van der Waals surface area (Å²) in [6.45, 7) is 2.93. The van der Waals surface area contributed by atoms with Gasteiger partial charge in [-0.1, -0.05) is 0 Å². The smallest absolute Gasteiger partial charge is 0.193 e. The van der Waals surface area contributed by atoms with Gasteiger partial charge in [-0.15, -0.1) is 0 Å². The van der Waals surface area contributed by atoms with Crippen LogP contribution in [-0.4, -0.2) is 29.3 Å². The Morgan fingerprint density at radius 2 is 2.33 bits per heavy atom. The molecule has 0 saturated carbocycles. The number of aliphatic hydroxyl groups is 1. The van der Waals surface area contributed by atoms with Crippen molar-refractivity contribution in [2.24, 2.45) is 0 Å². The van der Waals surface area contributed by atoms with Crippen LogP contribution in [0.3, 0.4) is 0 Å². The zero-order valence-corrected chi connectivity index (χ0v) is 10.5. The van der Waals surface area contributed by atoms with Crippen LogP contribution in [0.4, 0.5) is 0 Å². The van der Waals surface area contributed by atoms with Gasteiger partial charge in [0.05, 0.1) is 12.1 Å². The van der Waals surface area contributed by atoms with Crippen LogP contribution in [0.15, 0.2) is 16.5 Å². The highest BCUT2D eigenvalue weighted by Crippen LogP contribution is 2.13. The molecule has 3 nitrogen and oxygen atoms in total. The number of thioether (sulfide) groups is 1. The molecule has 0 aromatic carbocycles. The predicted molar refractivity (Wildman–Crippen MR) is 64.4 cm³/mol. The average molecular weight is 250 g/mol. The average Bonchev–Trinajstić information content (AvgIpc) is 2.51. The second-order valence-corrected chi connectivity index (χ2v) is 4.98. The summed E-state index contributed by atoms with van der Waals surface area (Å²) < 4.78 is 5.17. The molecule has 0 spiro atoms. The van der Waals surface area contributed by atoms with Crippen molar-refractivity contribution in [1.82, 2.24) is 5.32 Å². The Balaban J connectivity index is 2.27. The van der Waals surface area contributed by atoms with Crippen LogP contribution < -0.4 is 5.32 Å². The Bertz CT molecular complexity index is 301. The predicted octanol–water partition coefficient (Wildman–Crippen LogP) is 2.14. The summed E-state index contributed by atoms with van der Waals surface area (Å²) in [6, 6.07) is 3.53. The number of hydrogen-bond donors (Lipinski definition) is 2. The standard InChI is InChI=1S/C10H16ClNO2S/c1-10(13,7-15-2)6-12-5-8-3-4-9(11)14-8/h3-4,12-13H,5-7H2,1-2H3. The van der Waals surface area contributed by atoms with E-state index in [0.717, 1.165) is 5.76 Å². The first kappa shape index (κ1) is 12.9. The summed E-state index contributed by atoms with van der Waals surface area (Å²) in [6.07, 6.45) is 1.97. The molecule has 1 aromatic heterocycles. The molecule has 1 aromatic rings. The Kier molecular flexibility index (Phi) is 4.99. The minimum absolute atomic E-state index is 0.391. The lowest BCUT2D eigenvalue weighted by atomic mass is 10.1. The van der Waals surface area contributed by atoms with Crippen molar-refractivity contribution in [3.8, 4) is 0 Å². The van der Waals surface area contributed by atoms with E-state index in [4.69, 9.17) is 16.0 Å². The maximum atomic E-state index is 9.86. The van der Waals surface area contributed by atoms with E-state index in [0.29, 0.717) is 24.1 Å². The van der Waals surface area contributed by atoms with E-state index in [1.807, 2.05) is 19.2 Å². The molecule has 1 unspecified atom stereocenters. The maximum absolute atomic E-state index is 9.86. The van der Waals surface area contributed by atoms with Gasteiger partial charge in [-0.2, -0.15) is 11.8 Å². The molecule has 15 heavy (non-hydrogen) atoms. The molecular formula is C10H16ClNO2S. The third-order valence-corrected chi connectivity index (χ3v) is 3.00. The minimum atomic E-state index is -0.685. The molecular weight excluding hydrogens is 234 g/mol. The molecule has 0 aliphatic heterocycles. The first-order chi connectivity index (χ1) is 7.03. The van der Waals surface area contributed by atoms with Crippen molar-refractivity contribution in [3.05, 3.63) is 23.1 Å². The summed E-state index contributed by atoms with van der Waals surface area (Å²) in [4.78, 5) is 0. The monoisotopic (exact) mass is 249 g/mol. The van der Waals surface area contributed by atoms with Gasteiger partial charge in [-0.3, -0.25) is 0 Å². The highest BCUT2D eigenvalue weighted by Gasteiger charge is 2.18. The fourth-order valence-electron chi connectivity index (χ4n) is 1.26. The van der Waals surface area contributed by atoms with Gasteiger partial charge < -0.3 is 14.8 Å². The number of furan rings is 1. The van der Waals surface area contributed by atoms with Gasteiger partial charge in [-0.05, 0) is 36.9 Å². The van der Waals surface area contributed by atoms with Gasteiger partial charge in [0.15, 0.2) is 5.22 Å². The molecule has 5 heteroatoms. The van der Waals surface area contributed by atoms with Gasteiger partial charge in [0.25, 0.3) is 0 Å². The SMILES string of the molecule is CSCC(C)(O)CNCc1ccc(Cl)o1. The first-order valence-electron chi connectivity index (χ1n) is 4.70. The molecule has 1 rings (SSSR count). The third kappa shape index (κ3) is 4.93. The van der Waals surface area contributed by atoms with Gasteiger partial charge in [-0.25, -0.2) is 0 Å². The quantitative estimate of drug-likeness (QED) is 0.811. The fraction of sp³-hybridized carbons (Fsp3) is 0.600. The summed E-state index contributed by atoms with van der Waals surface area (Å²) in [5, 5.41) is 13.4. The van der Waals surface area contributed by atoms with Crippen LogP contribution in [0.25, 0.3) is 0 Å². The van der Waals surface area contributed by atoms with Crippen molar-refractivity contribution in [3.63, 3.8) is 0 Å². The van der Waals surface area contributed by atoms with Crippen LogP contribution >= 0.6 is 23.4 Å². The minimum Gasteiger partial charge on any atom is -0.448 e. The van der Waals surface area contributed by atoms with Crippen LogP contribution in [-0.2, 0) is 6.54 Å². The van der Waals surface area contributed by atoms with E-state index in [9.17, 15) is 5.11 Å². The van der Waals surface area contributed by atoms with Gasteiger partial charge in [0.2, 0.25) is 0 Å². The molecule has 0 bridgehead atoms. The summed E-state index contributed by atoms with van der Waals surface area (Å²) in [5.41, 5.74) is -0.685. The second-order valence-electron chi connectivity index (χ2n) is 3.74. The lowest BCUT2D eigenvalue weighted by molar-refractivity contribution is 0.0841. The van der Waals surface area contributed by atoms with Crippen molar-refractivity contribution in [2.45, 2.75) is 19.1 Å². The molecule has 0 aliphatic carbocycles. The number of rotatable bonds is 6. The van der Waals surface area contributed by atoms with Crippen LogP contribution in [0.1, 0.15) is 12.7 Å². The normalized spacial score (nSPS) is 15.2. The number of nitrogens with one attached hydrogen (secondary N) is 1. The van der Waals surface area contributed by atoms with E-state index in [-0.39, 0.29) is 0 Å². The van der Waals surface area contributed by atoms with Gasteiger partial charge >= 0.3 is 0 Å². The Hall–Kier alpha value is -0.160. The highest BCUT2D eigenvalue weighted by molar-refractivity contribution is 7.98. The molecule has 0 amide bonds. The molecule has 0 fully saturated rings. The van der Waals surface area contributed by atoms with Crippen molar-refractivity contribution < 1.29 is 9.52 Å². The van der Waals surface area contributed by atoms with Gasteiger partial charge in [0, 0.05) is 12.3 Å². The summed E-state index contributed by atoms with van der Waals surface area (Å²) >= 11 is 7.26. The molecule has 1 heterocycles. The van der Waals surface area contributed by atoms with Crippen molar-refractivity contribution in [2.75, 3.05) is 18.6 Å². The van der Waals surface area contributed by atoms with Crippen molar-refractivity contribution in [1.29, 1.82) is 0 Å². The lowest BCUT2D eigenvalue weighted by Gasteiger charge is -2.22. The Labute approximate surface area is 99.2 Å². The molecule has 1 atom stereocenters. The molecule has 2 N–H and O–H groups in total. The van der Waals surface area contributed by atoms with Crippen molar-refractivity contribution >= 4 is 23.4 Å². The number of hydrogen-bond acceptors (Lipinski definition) is 4. The van der Waals surface area contributed by atoms with E-state index in [2.05, 4.69) is 5.32 Å². The zero-order valence-electron chi connectivity index (χ0n) is 8.92. The zero-order chi connectivity index (χ0) is 11.3. The second kappa shape index (κ2) is 5.80. The summed E-state index contributed by atoms with van der Waals surface area (Å²) in [7, 11) is 0. The molecule has 0 saturated heterocycles. The first-order valence-corrected chi connectivity index (χ1v) is 6.47. The third-order valence-electron chi connectivity index (χ3n) is 1.89. The van der Waals surface area contributed by atoms with Crippen LogP contribution in [0.5, 0.6) is 0 Å². The fourth-order valence-corrected chi connectivity index (χ4v) is 2.15. The molecule has 86 valence electrons. The molecule has 0 radical (unpaired) electrons. The Morgan fingerprint density at radius 3 is 2.87 bits per heavy atom. The molecule has 0 aliphatic rings. The highest BCUT2D eigenvalue weighted by atomic mass is 35.5. The van der Waals surface area contributed by atoms with E-state index >= 15 is 0 Å². The van der Waals surface area contributed by atoms with E-state index in [1.165, 1.54) is 0 Å². The van der Waals surface area contributed by atoms with Crippen LogP contribution in [0, 0.1) is 0 Å². The maximum Gasteiger partial charge on any atom is 0.193 e.